The van der Waals surface area contributed by atoms with E-state index in [4.69, 9.17) is 5.73 Å². The van der Waals surface area contributed by atoms with E-state index in [-0.39, 0.29) is 31.1 Å². The molecule has 1 aliphatic heterocycles. The van der Waals surface area contributed by atoms with Gasteiger partial charge in [-0.25, -0.2) is 0 Å². The van der Waals surface area contributed by atoms with Crippen molar-refractivity contribution in [2.75, 3.05) is 0 Å². The van der Waals surface area contributed by atoms with Crippen LogP contribution in [0.4, 0.5) is 0 Å². The number of para-hydroxylation sites is 1. The Kier molecular flexibility index (Phi) is 6.91. The number of carbonyl (C=O) groups excluding carboxylic acids is 4. The summed E-state index contributed by atoms with van der Waals surface area (Å²) in [6.07, 6.45) is 2.49. The highest BCUT2D eigenvalue weighted by atomic mass is 16.2. The number of nitrogens with two attached hydrogens (primary N) is 1. The summed E-state index contributed by atoms with van der Waals surface area (Å²) >= 11 is 0. The van der Waals surface area contributed by atoms with Crippen LogP contribution in [-0.2, 0) is 32.0 Å². The summed E-state index contributed by atoms with van der Waals surface area (Å²) in [6, 6.07) is 14.7. The molecule has 2 aromatic carbocycles. The summed E-state index contributed by atoms with van der Waals surface area (Å²) in [4.78, 5) is 52.6. The average molecular weight is 462 g/mol. The molecule has 9 nitrogen and oxygen atoms in total. The first-order valence-corrected chi connectivity index (χ1v) is 11.2. The molecule has 176 valence electrons. The molecule has 1 saturated heterocycles. The summed E-state index contributed by atoms with van der Waals surface area (Å²) in [7, 11) is 0. The molecule has 34 heavy (non-hydrogen) atoms. The lowest BCUT2D eigenvalue weighted by atomic mass is 10.00. The van der Waals surface area contributed by atoms with Crippen LogP contribution in [0.15, 0.2) is 60.8 Å². The van der Waals surface area contributed by atoms with Gasteiger partial charge in [-0.2, -0.15) is 0 Å². The summed E-state index contributed by atoms with van der Waals surface area (Å²) in [5.74, 6) is -1.69. The van der Waals surface area contributed by atoms with Gasteiger partial charge in [0, 0.05) is 36.4 Å². The minimum absolute atomic E-state index is 0.0423. The molecule has 0 spiro atoms. The van der Waals surface area contributed by atoms with Crippen molar-refractivity contribution in [3.05, 3.63) is 71.9 Å². The summed E-state index contributed by atoms with van der Waals surface area (Å²) in [5.41, 5.74) is 8.25. The van der Waals surface area contributed by atoms with Crippen LogP contribution in [0, 0.1) is 0 Å². The van der Waals surface area contributed by atoms with Crippen LogP contribution in [-0.4, -0.2) is 46.7 Å². The van der Waals surface area contributed by atoms with Crippen LogP contribution in [0.1, 0.15) is 24.0 Å². The van der Waals surface area contributed by atoms with Gasteiger partial charge in [0.2, 0.25) is 23.6 Å². The highest BCUT2D eigenvalue weighted by Gasteiger charge is 2.33. The van der Waals surface area contributed by atoms with Crippen LogP contribution in [0.25, 0.3) is 10.9 Å². The van der Waals surface area contributed by atoms with Crippen molar-refractivity contribution in [3.63, 3.8) is 0 Å². The molecule has 9 heteroatoms. The van der Waals surface area contributed by atoms with Gasteiger partial charge in [-0.05, 0) is 23.6 Å². The summed E-state index contributed by atoms with van der Waals surface area (Å²) in [5, 5.41) is 9.04. The maximum Gasteiger partial charge on any atom is 0.243 e. The van der Waals surface area contributed by atoms with Gasteiger partial charge in [0.1, 0.15) is 18.1 Å². The fourth-order valence-electron chi connectivity index (χ4n) is 4.16. The lowest BCUT2D eigenvalue weighted by Crippen LogP contribution is -2.62. The third-order valence-electron chi connectivity index (χ3n) is 5.99. The van der Waals surface area contributed by atoms with Gasteiger partial charge in [0.05, 0.1) is 0 Å². The number of hydrogen-bond acceptors (Lipinski definition) is 4. The van der Waals surface area contributed by atoms with Crippen molar-refractivity contribution < 1.29 is 19.2 Å². The SMILES string of the molecule is NC(=O)[C@@H](Cc1c[nH]c2ccccc12)NC(=O)CC[C@H]1NC(=O)[C@@H](Cc2ccccc2)NC1=O. The van der Waals surface area contributed by atoms with Gasteiger partial charge in [0.15, 0.2) is 0 Å². The van der Waals surface area contributed by atoms with Crippen molar-refractivity contribution in [1.29, 1.82) is 0 Å². The Hall–Kier alpha value is -4.14. The Balaban J connectivity index is 1.29. The molecule has 0 aliphatic carbocycles. The zero-order chi connectivity index (χ0) is 24.1. The second kappa shape index (κ2) is 10.2. The minimum atomic E-state index is -0.892. The first-order chi connectivity index (χ1) is 16.4. The molecule has 3 aromatic rings. The van der Waals surface area contributed by atoms with E-state index in [1.54, 1.807) is 6.20 Å². The van der Waals surface area contributed by atoms with E-state index < -0.39 is 29.9 Å². The van der Waals surface area contributed by atoms with Gasteiger partial charge in [-0.1, -0.05) is 48.5 Å². The number of H-pyrrole nitrogens is 1. The van der Waals surface area contributed by atoms with Crippen molar-refractivity contribution in [1.82, 2.24) is 20.9 Å². The van der Waals surface area contributed by atoms with E-state index in [1.807, 2.05) is 54.6 Å². The van der Waals surface area contributed by atoms with Crippen molar-refractivity contribution in [3.8, 4) is 0 Å². The first-order valence-electron chi connectivity index (χ1n) is 11.2. The number of aromatic nitrogens is 1. The Labute approximate surface area is 196 Å². The average Bonchev–Trinajstić information content (AvgIpc) is 3.23. The standard InChI is InChI=1S/C25H27N5O4/c26-23(32)20(13-16-14-27-18-9-5-4-8-17(16)18)28-22(31)11-10-19-24(33)30-21(25(34)29-19)12-15-6-2-1-3-7-15/h1-9,14,19-21,27H,10-13H2,(H2,26,32)(H,28,31)(H,29,34)(H,30,33)/t19-,20-,21-/m1/s1. The minimum Gasteiger partial charge on any atom is -0.368 e. The monoisotopic (exact) mass is 461 g/mol. The number of primary amides is 1. The first kappa shape index (κ1) is 23.0. The number of hydrogen-bond donors (Lipinski definition) is 5. The zero-order valence-corrected chi connectivity index (χ0v) is 18.5. The molecule has 2 heterocycles. The molecule has 0 saturated carbocycles. The predicted octanol–water partition coefficient (Wildman–Crippen LogP) is 0.687. The van der Waals surface area contributed by atoms with Crippen molar-refractivity contribution >= 4 is 34.5 Å². The maximum atomic E-state index is 12.5. The fraction of sp³-hybridized carbons (Fsp3) is 0.280. The van der Waals surface area contributed by atoms with Gasteiger partial charge in [-0.15, -0.1) is 0 Å². The molecule has 1 aliphatic rings. The predicted molar refractivity (Wildman–Crippen MR) is 126 cm³/mol. The number of amides is 4. The molecular formula is C25H27N5O4. The van der Waals surface area contributed by atoms with E-state index in [0.29, 0.717) is 6.42 Å². The van der Waals surface area contributed by atoms with Crippen LogP contribution in [0.5, 0.6) is 0 Å². The van der Waals surface area contributed by atoms with Crippen LogP contribution < -0.4 is 21.7 Å². The van der Waals surface area contributed by atoms with Gasteiger partial charge < -0.3 is 26.7 Å². The third kappa shape index (κ3) is 5.43. The molecule has 4 rings (SSSR count). The Morgan fingerprint density at radius 2 is 1.62 bits per heavy atom. The zero-order valence-electron chi connectivity index (χ0n) is 18.5. The molecule has 0 bridgehead atoms. The topological polar surface area (TPSA) is 146 Å². The molecule has 1 aromatic heterocycles. The lowest BCUT2D eigenvalue weighted by molar-refractivity contribution is -0.137. The van der Waals surface area contributed by atoms with E-state index in [0.717, 1.165) is 22.0 Å². The quantitative estimate of drug-likeness (QED) is 0.319. The molecule has 6 N–H and O–H groups in total. The molecule has 0 unspecified atom stereocenters. The Bertz CT molecular complexity index is 1210. The number of fused-ring (bicyclic) bond motifs is 1. The Morgan fingerprint density at radius 3 is 2.38 bits per heavy atom. The largest absolute Gasteiger partial charge is 0.368 e. The third-order valence-corrected chi connectivity index (χ3v) is 5.99. The van der Waals surface area contributed by atoms with E-state index in [2.05, 4.69) is 20.9 Å². The Morgan fingerprint density at radius 1 is 0.941 bits per heavy atom. The van der Waals surface area contributed by atoms with E-state index >= 15 is 0 Å². The van der Waals surface area contributed by atoms with E-state index in [1.165, 1.54) is 0 Å². The summed E-state index contributed by atoms with van der Waals surface area (Å²) in [6.45, 7) is 0. The van der Waals surface area contributed by atoms with Gasteiger partial charge >= 0.3 is 0 Å². The second-order valence-corrected chi connectivity index (χ2v) is 8.44. The molecule has 3 atom stereocenters. The van der Waals surface area contributed by atoms with Crippen LogP contribution in [0.3, 0.4) is 0 Å². The maximum absolute atomic E-state index is 12.5. The number of rotatable bonds is 9. The normalized spacial score (nSPS) is 18.7. The number of piperazine rings is 1. The van der Waals surface area contributed by atoms with Gasteiger partial charge in [0.25, 0.3) is 0 Å². The molecule has 4 amide bonds. The van der Waals surface area contributed by atoms with Crippen molar-refractivity contribution in [2.45, 2.75) is 43.8 Å². The highest BCUT2D eigenvalue weighted by molar-refractivity contribution is 5.97. The number of benzene rings is 2. The summed E-state index contributed by atoms with van der Waals surface area (Å²) < 4.78 is 0. The van der Waals surface area contributed by atoms with Crippen molar-refractivity contribution in [2.24, 2.45) is 5.73 Å². The van der Waals surface area contributed by atoms with E-state index in [9.17, 15) is 19.2 Å². The van der Waals surface area contributed by atoms with Crippen LogP contribution in [0.2, 0.25) is 0 Å². The highest BCUT2D eigenvalue weighted by Crippen LogP contribution is 2.19. The number of carbonyl (C=O) groups is 4. The molecule has 1 fully saturated rings. The lowest BCUT2D eigenvalue weighted by Gasteiger charge is -2.29. The number of nitrogens with one attached hydrogen (secondary N) is 4. The van der Waals surface area contributed by atoms with Gasteiger partial charge in [-0.3, -0.25) is 19.2 Å². The fourth-order valence-corrected chi connectivity index (χ4v) is 4.16. The smallest absolute Gasteiger partial charge is 0.243 e. The number of aromatic amines is 1. The molecular weight excluding hydrogens is 434 g/mol. The van der Waals surface area contributed by atoms with Crippen LogP contribution >= 0.6 is 0 Å². The second-order valence-electron chi connectivity index (χ2n) is 8.44. The molecule has 0 radical (unpaired) electrons.